The van der Waals surface area contributed by atoms with Crippen molar-refractivity contribution < 1.29 is 19.0 Å². The Kier molecular flexibility index (Phi) is 4.95. The average Bonchev–Trinajstić information content (AvgIpc) is 2.69. The lowest BCUT2D eigenvalue weighted by Gasteiger charge is -2.41. The summed E-state index contributed by atoms with van der Waals surface area (Å²) in [4.78, 5) is 15.1. The molecule has 2 aliphatic rings. The van der Waals surface area contributed by atoms with E-state index in [0.29, 0.717) is 6.54 Å². The highest BCUT2D eigenvalue weighted by Crippen LogP contribution is 2.36. The third-order valence-corrected chi connectivity index (χ3v) is 5.48. The average molecular weight is 370 g/mol. The van der Waals surface area contributed by atoms with Crippen LogP contribution >= 0.6 is 0 Å². The minimum Gasteiger partial charge on any atom is -0.389 e. The molecule has 27 heavy (non-hydrogen) atoms. The Bertz CT molecular complexity index is 826. The van der Waals surface area contributed by atoms with Gasteiger partial charge in [-0.3, -0.25) is 4.79 Å². The largest absolute Gasteiger partial charge is 0.389 e. The monoisotopic (exact) mass is 370 g/mol. The van der Waals surface area contributed by atoms with E-state index in [-0.39, 0.29) is 30.8 Å². The van der Waals surface area contributed by atoms with Gasteiger partial charge in [0.05, 0.1) is 18.8 Å². The van der Waals surface area contributed by atoms with Crippen molar-refractivity contribution in [2.75, 3.05) is 13.2 Å². The number of halogens is 1. The van der Waals surface area contributed by atoms with Crippen molar-refractivity contribution in [1.29, 1.82) is 0 Å². The van der Waals surface area contributed by atoms with E-state index in [0.717, 1.165) is 17.5 Å². The highest BCUT2D eigenvalue weighted by Gasteiger charge is 2.39. The molecule has 1 amide bonds. The van der Waals surface area contributed by atoms with Crippen LogP contribution in [0.5, 0.6) is 0 Å². The summed E-state index contributed by atoms with van der Waals surface area (Å²) in [6.07, 6.45) is -0.379. The van der Waals surface area contributed by atoms with Crippen LogP contribution in [0.15, 0.2) is 48.5 Å². The Labute approximate surface area is 157 Å². The van der Waals surface area contributed by atoms with Crippen LogP contribution in [0, 0.1) is 5.82 Å². The number of aliphatic hydroxyl groups is 1. The lowest BCUT2D eigenvalue weighted by molar-refractivity contribution is -0.154. The van der Waals surface area contributed by atoms with Crippen LogP contribution in [-0.2, 0) is 16.0 Å². The molecule has 0 saturated carbocycles. The minimum atomic E-state index is -0.746. The molecule has 0 spiro atoms. The summed E-state index contributed by atoms with van der Waals surface area (Å²) in [7, 11) is 0. The number of nitrogens with two attached hydrogens (primary N) is 1. The zero-order valence-electron chi connectivity index (χ0n) is 14.9. The lowest BCUT2D eigenvalue weighted by atomic mass is 9.87. The molecule has 4 atom stereocenters. The molecule has 2 aromatic carbocycles. The zero-order valence-corrected chi connectivity index (χ0v) is 14.9. The molecule has 0 unspecified atom stereocenters. The molecule has 5 nitrogen and oxygen atoms in total. The number of carbonyl (C=O) groups is 1. The van der Waals surface area contributed by atoms with Gasteiger partial charge in [-0.25, -0.2) is 4.39 Å². The summed E-state index contributed by atoms with van der Waals surface area (Å²) in [5, 5.41) is 9.76. The minimum absolute atomic E-state index is 0.0587. The van der Waals surface area contributed by atoms with Crippen LogP contribution < -0.4 is 5.73 Å². The van der Waals surface area contributed by atoms with Crippen molar-refractivity contribution in [2.24, 2.45) is 5.73 Å². The second kappa shape index (κ2) is 7.38. The maximum absolute atomic E-state index is 13.4. The van der Waals surface area contributed by atoms with Crippen LogP contribution in [-0.4, -0.2) is 47.3 Å². The first-order chi connectivity index (χ1) is 13.0. The summed E-state index contributed by atoms with van der Waals surface area (Å²) in [6, 6.07) is 13.5. The summed E-state index contributed by atoms with van der Waals surface area (Å²) in [5.41, 5.74) is 9.02. The molecule has 2 aromatic rings. The van der Waals surface area contributed by atoms with Crippen LogP contribution in [0.4, 0.5) is 4.39 Å². The summed E-state index contributed by atoms with van der Waals surface area (Å²) in [6.45, 7) is 0.610. The second-order valence-electron chi connectivity index (χ2n) is 7.22. The van der Waals surface area contributed by atoms with E-state index >= 15 is 0 Å². The molecule has 0 radical (unpaired) electrons. The van der Waals surface area contributed by atoms with E-state index in [9.17, 15) is 14.3 Å². The molecule has 0 bridgehead atoms. The van der Waals surface area contributed by atoms with Crippen LogP contribution in [0.3, 0.4) is 0 Å². The second-order valence-corrected chi connectivity index (χ2v) is 7.22. The topological polar surface area (TPSA) is 75.8 Å². The maximum Gasteiger partial charge on any atom is 0.252 e. The fraction of sp³-hybridized carbons (Fsp3) is 0.381. The van der Waals surface area contributed by atoms with Gasteiger partial charge >= 0.3 is 0 Å². The summed E-state index contributed by atoms with van der Waals surface area (Å²) >= 11 is 0. The third-order valence-electron chi connectivity index (χ3n) is 5.48. The fourth-order valence-electron chi connectivity index (χ4n) is 3.98. The number of amides is 1. The van der Waals surface area contributed by atoms with Gasteiger partial charge in [-0.05, 0) is 35.2 Å². The van der Waals surface area contributed by atoms with Crippen molar-refractivity contribution >= 4 is 5.91 Å². The maximum atomic E-state index is 13.4. The summed E-state index contributed by atoms with van der Waals surface area (Å²) in [5.74, 6) is -0.447. The quantitative estimate of drug-likeness (QED) is 0.845. The molecule has 2 aliphatic heterocycles. The highest BCUT2D eigenvalue weighted by atomic mass is 19.1. The molecule has 0 aliphatic carbocycles. The number of nitrogens with zero attached hydrogens (tertiary/aromatic N) is 1. The molecule has 1 saturated heterocycles. The standard InChI is InChI=1S/C21H23FN2O3/c22-15-7-5-14(6-8-15)20-16-4-2-1-3-13(16)9-10-24(20)21(26)19-11-17(23)18(25)12-27-19/h1-8,17-20,25H,9-12,23H2/t17-,18+,19+,20+/m1/s1. The number of hydrogen-bond acceptors (Lipinski definition) is 4. The Morgan fingerprint density at radius 1 is 1.19 bits per heavy atom. The van der Waals surface area contributed by atoms with Crippen molar-refractivity contribution in [2.45, 2.75) is 37.1 Å². The van der Waals surface area contributed by atoms with Crippen molar-refractivity contribution in [1.82, 2.24) is 4.90 Å². The predicted molar refractivity (Wildman–Crippen MR) is 98.4 cm³/mol. The number of rotatable bonds is 2. The van der Waals surface area contributed by atoms with Crippen LogP contribution in [0.2, 0.25) is 0 Å². The van der Waals surface area contributed by atoms with Gasteiger partial charge in [0.1, 0.15) is 11.9 Å². The lowest BCUT2D eigenvalue weighted by Crippen LogP contribution is -2.53. The molecule has 2 heterocycles. The van der Waals surface area contributed by atoms with E-state index in [2.05, 4.69) is 6.07 Å². The first-order valence-electron chi connectivity index (χ1n) is 9.23. The van der Waals surface area contributed by atoms with Gasteiger partial charge in [-0.15, -0.1) is 0 Å². The normalized spacial score (nSPS) is 27.9. The fourth-order valence-corrected chi connectivity index (χ4v) is 3.98. The van der Waals surface area contributed by atoms with E-state index in [4.69, 9.17) is 10.5 Å². The molecule has 6 heteroatoms. The number of ether oxygens (including phenoxy) is 1. The summed E-state index contributed by atoms with van der Waals surface area (Å²) < 4.78 is 19.0. The van der Waals surface area contributed by atoms with Gasteiger partial charge in [0.25, 0.3) is 5.91 Å². The van der Waals surface area contributed by atoms with Gasteiger partial charge < -0.3 is 20.5 Å². The Morgan fingerprint density at radius 3 is 2.67 bits per heavy atom. The van der Waals surface area contributed by atoms with Gasteiger partial charge in [-0.1, -0.05) is 36.4 Å². The van der Waals surface area contributed by atoms with Crippen LogP contribution in [0.1, 0.15) is 29.2 Å². The molecule has 1 fully saturated rings. The first kappa shape index (κ1) is 18.1. The molecular formula is C21H23FN2O3. The van der Waals surface area contributed by atoms with E-state index in [1.165, 1.54) is 17.7 Å². The number of benzene rings is 2. The predicted octanol–water partition coefficient (Wildman–Crippen LogP) is 1.78. The van der Waals surface area contributed by atoms with Crippen molar-refractivity contribution in [3.8, 4) is 0 Å². The molecule has 0 aromatic heterocycles. The van der Waals surface area contributed by atoms with Gasteiger partial charge in [0.2, 0.25) is 0 Å². The number of hydrogen-bond donors (Lipinski definition) is 2. The van der Waals surface area contributed by atoms with Gasteiger partial charge in [-0.2, -0.15) is 0 Å². The molecule has 3 N–H and O–H groups in total. The van der Waals surface area contributed by atoms with Crippen molar-refractivity contribution in [3.63, 3.8) is 0 Å². The van der Waals surface area contributed by atoms with Crippen molar-refractivity contribution in [3.05, 3.63) is 71.0 Å². The third kappa shape index (κ3) is 3.48. The molecular weight excluding hydrogens is 347 g/mol. The smallest absolute Gasteiger partial charge is 0.252 e. The van der Waals surface area contributed by atoms with E-state index < -0.39 is 18.2 Å². The molecule has 142 valence electrons. The van der Waals surface area contributed by atoms with E-state index in [1.54, 1.807) is 17.0 Å². The Balaban J connectivity index is 1.68. The van der Waals surface area contributed by atoms with Crippen LogP contribution in [0.25, 0.3) is 0 Å². The zero-order chi connectivity index (χ0) is 19.0. The first-order valence-corrected chi connectivity index (χ1v) is 9.23. The SMILES string of the molecule is N[C@@H]1C[C@@H](C(=O)N2CCc3ccccc3[C@@H]2c2ccc(F)cc2)OC[C@@H]1O. The van der Waals surface area contributed by atoms with E-state index in [1.807, 2.05) is 18.2 Å². The Hall–Kier alpha value is -2.28. The van der Waals surface area contributed by atoms with Gasteiger partial charge in [0, 0.05) is 19.0 Å². The number of fused-ring (bicyclic) bond motifs is 1. The number of carbonyl (C=O) groups excluding carboxylic acids is 1. The number of aliphatic hydroxyl groups excluding tert-OH is 1. The Morgan fingerprint density at radius 2 is 1.93 bits per heavy atom. The van der Waals surface area contributed by atoms with Gasteiger partial charge in [0.15, 0.2) is 0 Å². The molecule has 4 rings (SSSR count). The highest BCUT2D eigenvalue weighted by molar-refractivity contribution is 5.82.